The molecule has 0 atom stereocenters. The van der Waals surface area contributed by atoms with E-state index in [1.54, 1.807) is 6.92 Å². The van der Waals surface area contributed by atoms with E-state index < -0.39 is 5.97 Å². The normalized spacial score (nSPS) is 10.4. The number of aromatic nitrogens is 4. The Hall–Kier alpha value is -2.71. The lowest BCUT2D eigenvalue weighted by atomic mass is 10.3. The molecule has 0 bridgehead atoms. The second kappa shape index (κ2) is 5.29. The van der Waals surface area contributed by atoms with E-state index >= 15 is 0 Å². The van der Waals surface area contributed by atoms with Gasteiger partial charge in [0.15, 0.2) is 5.69 Å². The molecule has 1 amide bonds. The van der Waals surface area contributed by atoms with Gasteiger partial charge in [0, 0.05) is 12.1 Å². The van der Waals surface area contributed by atoms with Crippen LogP contribution in [0.3, 0.4) is 0 Å². The monoisotopic (exact) mass is 265 g/mol. The second-order valence-electron chi connectivity index (χ2n) is 3.77. The molecule has 2 heterocycles. The van der Waals surface area contributed by atoms with Gasteiger partial charge in [0.2, 0.25) is 5.76 Å². The van der Waals surface area contributed by atoms with Crippen LogP contribution in [0, 0.1) is 6.92 Å². The molecule has 0 radical (unpaired) electrons. The Morgan fingerprint density at radius 1 is 1.53 bits per heavy atom. The summed E-state index contributed by atoms with van der Waals surface area (Å²) in [5.74, 6) is -1.37. The molecule has 0 spiro atoms. The van der Waals surface area contributed by atoms with Gasteiger partial charge in [-0.2, -0.15) is 0 Å². The van der Waals surface area contributed by atoms with Crippen molar-refractivity contribution in [3.63, 3.8) is 0 Å². The predicted octanol–water partition coefficient (Wildman–Crippen LogP) is -0.297. The van der Waals surface area contributed by atoms with Gasteiger partial charge in [0.1, 0.15) is 0 Å². The summed E-state index contributed by atoms with van der Waals surface area (Å²) >= 11 is 0. The maximum Gasteiger partial charge on any atom is 0.358 e. The Balaban J connectivity index is 1.85. The van der Waals surface area contributed by atoms with Crippen LogP contribution in [0.5, 0.6) is 0 Å². The molecule has 0 aliphatic rings. The van der Waals surface area contributed by atoms with Crippen LogP contribution in [0.1, 0.15) is 26.6 Å². The van der Waals surface area contributed by atoms with Crippen LogP contribution in [-0.4, -0.2) is 43.7 Å². The van der Waals surface area contributed by atoms with Crippen molar-refractivity contribution < 1.29 is 19.2 Å². The van der Waals surface area contributed by atoms with Gasteiger partial charge < -0.3 is 14.9 Å². The maximum atomic E-state index is 11.6. The van der Waals surface area contributed by atoms with E-state index in [0.29, 0.717) is 12.1 Å². The highest BCUT2D eigenvalue weighted by molar-refractivity contribution is 5.92. The third-order valence-corrected chi connectivity index (χ3v) is 2.34. The molecule has 0 aliphatic heterocycles. The molecule has 2 aromatic heterocycles. The molecular formula is C10H11N5O4. The molecule has 9 heteroatoms. The highest BCUT2D eigenvalue weighted by Gasteiger charge is 2.13. The summed E-state index contributed by atoms with van der Waals surface area (Å²) in [5, 5.41) is 21.8. The van der Waals surface area contributed by atoms with Crippen molar-refractivity contribution in [2.24, 2.45) is 0 Å². The fourth-order valence-corrected chi connectivity index (χ4v) is 1.38. The molecule has 9 nitrogen and oxygen atoms in total. The van der Waals surface area contributed by atoms with Gasteiger partial charge in [-0.25, -0.2) is 9.48 Å². The summed E-state index contributed by atoms with van der Waals surface area (Å²) < 4.78 is 6.12. The number of carboxylic acids is 1. The lowest BCUT2D eigenvalue weighted by molar-refractivity contribution is 0.0690. The van der Waals surface area contributed by atoms with Crippen molar-refractivity contribution in [2.45, 2.75) is 13.5 Å². The zero-order valence-corrected chi connectivity index (χ0v) is 10.0. The Labute approximate surface area is 107 Å². The Morgan fingerprint density at radius 3 is 2.89 bits per heavy atom. The van der Waals surface area contributed by atoms with E-state index in [9.17, 15) is 9.59 Å². The summed E-state index contributed by atoms with van der Waals surface area (Å²) in [6, 6.07) is 0. The van der Waals surface area contributed by atoms with Crippen molar-refractivity contribution >= 4 is 11.9 Å². The SMILES string of the molecule is Cc1cnoc1C(=O)NCCn1cc(C(=O)O)nn1. The van der Waals surface area contributed by atoms with Gasteiger partial charge >= 0.3 is 5.97 Å². The minimum atomic E-state index is -1.15. The number of carbonyl (C=O) groups excluding carboxylic acids is 1. The van der Waals surface area contributed by atoms with Crippen LogP contribution in [0.2, 0.25) is 0 Å². The quantitative estimate of drug-likeness (QED) is 0.760. The second-order valence-corrected chi connectivity index (χ2v) is 3.77. The molecule has 0 saturated carbocycles. The van der Waals surface area contributed by atoms with Gasteiger partial charge in [-0.3, -0.25) is 4.79 Å². The van der Waals surface area contributed by atoms with E-state index in [1.165, 1.54) is 17.1 Å². The molecule has 19 heavy (non-hydrogen) atoms. The first-order chi connectivity index (χ1) is 9.08. The number of hydrogen-bond acceptors (Lipinski definition) is 6. The largest absolute Gasteiger partial charge is 0.476 e. The van der Waals surface area contributed by atoms with Gasteiger partial charge in [-0.15, -0.1) is 5.10 Å². The van der Waals surface area contributed by atoms with Crippen LogP contribution in [0.25, 0.3) is 0 Å². The highest BCUT2D eigenvalue weighted by Crippen LogP contribution is 2.04. The average Bonchev–Trinajstić information content (AvgIpc) is 2.97. The molecule has 0 aromatic carbocycles. The van der Waals surface area contributed by atoms with Gasteiger partial charge in [-0.1, -0.05) is 10.4 Å². The van der Waals surface area contributed by atoms with Crippen molar-refractivity contribution in [2.75, 3.05) is 6.54 Å². The minimum Gasteiger partial charge on any atom is -0.476 e. The fourth-order valence-electron chi connectivity index (χ4n) is 1.38. The Morgan fingerprint density at radius 2 is 2.32 bits per heavy atom. The van der Waals surface area contributed by atoms with E-state index in [1.807, 2.05) is 0 Å². The van der Waals surface area contributed by atoms with Crippen molar-refractivity contribution in [1.82, 2.24) is 25.5 Å². The third-order valence-electron chi connectivity index (χ3n) is 2.34. The minimum absolute atomic E-state index is 0.141. The lowest BCUT2D eigenvalue weighted by Crippen LogP contribution is -2.27. The number of hydrogen-bond donors (Lipinski definition) is 2. The number of nitrogens with one attached hydrogen (secondary N) is 1. The average molecular weight is 265 g/mol. The molecule has 0 unspecified atom stereocenters. The number of rotatable bonds is 5. The summed E-state index contributed by atoms with van der Waals surface area (Å²) in [5.41, 5.74) is 0.504. The zero-order valence-electron chi connectivity index (χ0n) is 10.0. The predicted molar refractivity (Wildman–Crippen MR) is 60.6 cm³/mol. The number of nitrogens with zero attached hydrogens (tertiary/aromatic N) is 4. The Kier molecular flexibility index (Phi) is 3.55. The van der Waals surface area contributed by atoms with Gasteiger partial charge in [0.25, 0.3) is 5.91 Å². The van der Waals surface area contributed by atoms with Crippen molar-refractivity contribution in [1.29, 1.82) is 0 Å². The van der Waals surface area contributed by atoms with Crippen LogP contribution in [0.15, 0.2) is 16.9 Å². The topological polar surface area (TPSA) is 123 Å². The zero-order chi connectivity index (χ0) is 13.8. The third kappa shape index (κ3) is 2.94. The first-order valence-corrected chi connectivity index (χ1v) is 5.41. The fraction of sp³-hybridized carbons (Fsp3) is 0.300. The Bertz CT molecular complexity index is 603. The maximum absolute atomic E-state index is 11.6. The van der Waals surface area contributed by atoms with Crippen molar-refractivity contribution in [3.05, 3.63) is 29.4 Å². The summed E-state index contributed by atoms with van der Waals surface area (Å²) in [6.45, 7) is 2.28. The molecule has 0 fully saturated rings. The first kappa shape index (κ1) is 12.7. The smallest absolute Gasteiger partial charge is 0.358 e. The van der Waals surface area contributed by atoms with E-state index in [-0.39, 0.29) is 23.9 Å². The number of amides is 1. The van der Waals surface area contributed by atoms with Crippen LogP contribution < -0.4 is 5.32 Å². The molecule has 0 aliphatic carbocycles. The molecule has 100 valence electrons. The summed E-state index contributed by atoms with van der Waals surface area (Å²) in [7, 11) is 0. The van der Waals surface area contributed by atoms with Crippen molar-refractivity contribution in [3.8, 4) is 0 Å². The lowest BCUT2D eigenvalue weighted by Gasteiger charge is -2.02. The van der Waals surface area contributed by atoms with E-state index in [0.717, 1.165) is 0 Å². The number of aromatic carboxylic acids is 1. The summed E-state index contributed by atoms with van der Waals surface area (Å²) in [4.78, 5) is 22.2. The molecule has 2 aromatic rings. The van der Waals surface area contributed by atoms with Crippen LogP contribution >= 0.6 is 0 Å². The van der Waals surface area contributed by atoms with E-state index in [4.69, 9.17) is 9.63 Å². The van der Waals surface area contributed by atoms with Crippen LogP contribution in [-0.2, 0) is 6.54 Å². The molecule has 0 saturated heterocycles. The van der Waals surface area contributed by atoms with Gasteiger partial charge in [-0.05, 0) is 6.92 Å². The molecule has 2 rings (SSSR count). The molecular weight excluding hydrogens is 254 g/mol. The number of carboxylic acid groups (broad SMARTS) is 1. The summed E-state index contributed by atoms with van der Waals surface area (Å²) in [6.07, 6.45) is 2.74. The van der Waals surface area contributed by atoms with E-state index in [2.05, 4.69) is 20.8 Å². The first-order valence-electron chi connectivity index (χ1n) is 5.41. The number of aryl methyl sites for hydroxylation is 1. The van der Waals surface area contributed by atoms with Gasteiger partial charge in [0.05, 0.1) is 18.9 Å². The van der Waals surface area contributed by atoms with Crippen LogP contribution in [0.4, 0.5) is 0 Å². The highest BCUT2D eigenvalue weighted by atomic mass is 16.5. The molecule has 2 N–H and O–H groups in total. The number of carbonyl (C=O) groups is 2. The standard InChI is InChI=1S/C10H11N5O4/c1-6-4-12-19-8(6)9(16)11-2-3-15-5-7(10(17)18)13-14-15/h4-5H,2-3H2,1H3,(H,11,16)(H,17,18).